The molecular formula is C14H18N4OS. The van der Waals surface area contributed by atoms with Crippen molar-refractivity contribution in [1.82, 2.24) is 14.9 Å². The Kier molecular flexibility index (Phi) is 4.13. The van der Waals surface area contributed by atoms with Gasteiger partial charge in [0.05, 0.1) is 12.5 Å². The zero-order valence-corrected chi connectivity index (χ0v) is 12.3. The molecule has 0 saturated carbocycles. The molecule has 106 valence electrons. The van der Waals surface area contributed by atoms with Gasteiger partial charge in [-0.1, -0.05) is 0 Å². The number of hydrogen-bond acceptors (Lipinski definition) is 5. The Labute approximate surface area is 123 Å². The second kappa shape index (κ2) is 6.19. The molecule has 0 atom stereocenters. The number of benzene rings is 1. The van der Waals surface area contributed by atoms with E-state index >= 15 is 0 Å². The van der Waals surface area contributed by atoms with Crippen molar-refractivity contribution in [2.45, 2.75) is 5.03 Å². The van der Waals surface area contributed by atoms with Crippen molar-refractivity contribution in [2.24, 2.45) is 0 Å². The molecule has 6 heteroatoms. The molecule has 1 aliphatic rings. The number of anilines is 1. The first-order chi connectivity index (χ1) is 9.81. The van der Waals surface area contributed by atoms with Gasteiger partial charge in [-0.15, -0.1) is 0 Å². The summed E-state index contributed by atoms with van der Waals surface area (Å²) in [4.78, 5) is 11.7. The maximum absolute atomic E-state index is 5.63. The fourth-order valence-electron chi connectivity index (χ4n) is 2.16. The largest absolute Gasteiger partial charge is 0.419 e. The predicted molar refractivity (Wildman–Crippen MR) is 81.2 cm³/mol. The molecule has 0 amide bonds. The smallest absolute Gasteiger partial charge is 0.138 e. The maximum atomic E-state index is 5.63. The molecule has 0 radical (unpaired) electrons. The lowest BCUT2D eigenvalue weighted by Gasteiger charge is -2.34. The van der Waals surface area contributed by atoms with Crippen LogP contribution >= 0.6 is 12.0 Å². The summed E-state index contributed by atoms with van der Waals surface area (Å²) in [5, 5.41) is 0.896. The van der Waals surface area contributed by atoms with E-state index in [4.69, 9.17) is 4.18 Å². The minimum Gasteiger partial charge on any atom is -0.419 e. The van der Waals surface area contributed by atoms with E-state index in [-0.39, 0.29) is 0 Å². The topological polar surface area (TPSA) is 44.4 Å². The van der Waals surface area contributed by atoms with E-state index in [0.717, 1.165) is 37.0 Å². The molecule has 2 heterocycles. The highest BCUT2D eigenvalue weighted by atomic mass is 32.2. The minimum absolute atomic E-state index is 0.850. The molecule has 1 aromatic carbocycles. The number of nitrogens with one attached hydrogen (secondary N) is 1. The van der Waals surface area contributed by atoms with Crippen LogP contribution in [0.15, 0.2) is 41.8 Å². The molecule has 0 aliphatic carbocycles. The van der Waals surface area contributed by atoms with Crippen molar-refractivity contribution < 1.29 is 4.18 Å². The van der Waals surface area contributed by atoms with E-state index in [1.165, 1.54) is 17.7 Å². The van der Waals surface area contributed by atoms with Crippen LogP contribution < -0.4 is 9.08 Å². The zero-order valence-electron chi connectivity index (χ0n) is 11.5. The van der Waals surface area contributed by atoms with Crippen LogP contribution in [-0.2, 0) is 0 Å². The average molecular weight is 290 g/mol. The number of aromatic nitrogens is 2. The lowest BCUT2D eigenvalue weighted by molar-refractivity contribution is 0.313. The number of nitrogens with zero attached hydrogens (tertiary/aromatic N) is 3. The number of rotatable bonds is 4. The fraction of sp³-hybridized carbons (Fsp3) is 0.357. The summed E-state index contributed by atoms with van der Waals surface area (Å²) >= 11 is 1.28. The second-order valence-electron chi connectivity index (χ2n) is 4.87. The Bertz CT molecular complexity index is 521. The van der Waals surface area contributed by atoms with Crippen LogP contribution in [-0.4, -0.2) is 48.1 Å². The quantitative estimate of drug-likeness (QED) is 0.875. The SMILES string of the molecule is CN1CCN(c2ccc(OSc3cnc[nH]3)cc2)CC1. The van der Waals surface area contributed by atoms with Gasteiger partial charge in [0, 0.05) is 31.9 Å². The van der Waals surface area contributed by atoms with Gasteiger partial charge in [-0.3, -0.25) is 0 Å². The van der Waals surface area contributed by atoms with Crippen LogP contribution in [0.25, 0.3) is 0 Å². The van der Waals surface area contributed by atoms with E-state index in [1.54, 1.807) is 12.5 Å². The van der Waals surface area contributed by atoms with Gasteiger partial charge >= 0.3 is 0 Å². The number of hydrogen-bond donors (Lipinski definition) is 1. The zero-order chi connectivity index (χ0) is 13.8. The minimum atomic E-state index is 0.850. The first-order valence-electron chi connectivity index (χ1n) is 6.68. The highest BCUT2D eigenvalue weighted by Crippen LogP contribution is 2.25. The Hall–Kier alpha value is -1.66. The third-order valence-electron chi connectivity index (χ3n) is 3.41. The van der Waals surface area contributed by atoms with Crippen molar-refractivity contribution in [1.29, 1.82) is 0 Å². The van der Waals surface area contributed by atoms with Crippen LogP contribution in [0.5, 0.6) is 5.75 Å². The molecule has 1 aromatic heterocycles. The van der Waals surface area contributed by atoms with Crippen molar-refractivity contribution in [3.63, 3.8) is 0 Å². The summed E-state index contributed by atoms with van der Waals surface area (Å²) in [5.41, 5.74) is 1.26. The van der Waals surface area contributed by atoms with Crippen LogP contribution in [0.2, 0.25) is 0 Å². The molecule has 0 unspecified atom stereocenters. The number of likely N-dealkylation sites (N-methyl/N-ethyl adjacent to an activating group) is 1. The molecule has 0 spiro atoms. The highest BCUT2D eigenvalue weighted by Gasteiger charge is 2.14. The van der Waals surface area contributed by atoms with Gasteiger partial charge in [-0.25, -0.2) is 4.98 Å². The van der Waals surface area contributed by atoms with Crippen molar-refractivity contribution >= 4 is 17.7 Å². The average Bonchev–Trinajstić information content (AvgIpc) is 3.00. The normalized spacial score (nSPS) is 16.4. The number of imidazole rings is 1. The predicted octanol–water partition coefficient (Wildman–Crippen LogP) is 2.25. The van der Waals surface area contributed by atoms with Crippen LogP contribution in [0, 0.1) is 0 Å². The fourth-order valence-corrected chi connectivity index (χ4v) is 2.66. The summed E-state index contributed by atoms with van der Waals surface area (Å²) < 4.78 is 5.63. The number of H-pyrrole nitrogens is 1. The van der Waals surface area contributed by atoms with Gasteiger partial charge in [0.1, 0.15) is 22.8 Å². The van der Waals surface area contributed by atoms with E-state index < -0.39 is 0 Å². The molecule has 1 fully saturated rings. The van der Waals surface area contributed by atoms with Gasteiger partial charge in [0.25, 0.3) is 0 Å². The molecule has 1 saturated heterocycles. The van der Waals surface area contributed by atoms with E-state index in [1.807, 2.05) is 12.1 Å². The molecule has 20 heavy (non-hydrogen) atoms. The molecular weight excluding hydrogens is 272 g/mol. The van der Waals surface area contributed by atoms with Crippen molar-refractivity contribution in [2.75, 3.05) is 38.1 Å². The van der Waals surface area contributed by atoms with Crippen LogP contribution in [0.3, 0.4) is 0 Å². The highest BCUT2D eigenvalue weighted by molar-refractivity contribution is 7.95. The first-order valence-corrected chi connectivity index (χ1v) is 7.42. The third-order valence-corrected chi connectivity index (χ3v) is 4.08. The summed E-state index contributed by atoms with van der Waals surface area (Å²) in [5.74, 6) is 0.850. The monoisotopic (exact) mass is 290 g/mol. The number of piperazine rings is 1. The summed E-state index contributed by atoms with van der Waals surface area (Å²) in [7, 11) is 2.17. The summed E-state index contributed by atoms with van der Waals surface area (Å²) in [6.45, 7) is 4.40. The lowest BCUT2D eigenvalue weighted by atomic mass is 10.2. The second-order valence-corrected chi connectivity index (χ2v) is 5.64. The Morgan fingerprint density at radius 1 is 1.15 bits per heavy atom. The molecule has 1 aliphatic heterocycles. The van der Waals surface area contributed by atoms with Gasteiger partial charge in [-0.2, -0.15) is 0 Å². The Morgan fingerprint density at radius 2 is 1.90 bits per heavy atom. The van der Waals surface area contributed by atoms with Crippen molar-refractivity contribution in [3.8, 4) is 5.75 Å². The maximum Gasteiger partial charge on any atom is 0.138 e. The third kappa shape index (κ3) is 3.26. The first kappa shape index (κ1) is 13.3. The Balaban J connectivity index is 1.57. The Morgan fingerprint density at radius 3 is 2.55 bits per heavy atom. The lowest BCUT2D eigenvalue weighted by Crippen LogP contribution is -2.44. The molecule has 1 N–H and O–H groups in total. The van der Waals surface area contributed by atoms with E-state index in [2.05, 4.69) is 38.9 Å². The van der Waals surface area contributed by atoms with Gasteiger partial charge in [0.2, 0.25) is 0 Å². The van der Waals surface area contributed by atoms with Gasteiger partial charge in [-0.05, 0) is 31.3 Å². The molecule has 2 aromatic rings. The van der Waals surface area contributed by atoms with E-state index in [0.29, 0.717) is 0 Å². The molecule has 3 rings (SSSR count). The molecule has 5 nitrogen and oxygen atoms in total. The van der Waals surface area contributed by atoms with Crippen LogP contribution in [0.4, 0.5) is 5.69 Å². The van der Waals surface area contributed by atoms with E-state index in [9.17, 15) is 0 Å². The number of aromatic amines is 1. The molecule has 0 bridgehead atoms. The summed E-state index contributed by atoms with van der Waals surface area (Å²) in [6, 6.07) is 8.26. The van der Waals surface area contributed by atoms with Crippen LogP contribution in [0.1, 0.15) is 0 Å². The van der Waals surface area contributed by atoms with Gasteiger partial charge < -0.3 is 19.0 Å². The summed E-state index contributed by atoms with van der Waals surface area (Å²) in [6.07, 6.45) is 3.38. The van der Waals surface area contributed by atoms with Gasteiger partial charge in [0.15, 0.2) is 0 Å². The standard InChI is InChI=1S/C14H18N4OS/c1-17-6-8-18(9-7-17)12-2-4-13(5-3-12)19-20-14-10-15-11-16-14/h2-5,10-11H,6-9H2,1H3,(H,15,16). The van der Waals surface area contributed by atoms with Crippen molar-refractivity contribution in [3.05, 3.63) is 36.8 Å².